The zero-order valence-electron chi connectivity index (χ0n) is 23.0. The van der Waals surface area contributed by atoms with E-state index < -0.39 is 34.6 Å². The maximum Gasteiger partial charge on any atom is 0.420 e. The molecule has 3 aromatic carbocycles. The minimum Gasteiger partial charge on any atom is -0.494 e. The fourth-order valence-electron chi connectivity index (χ4n) is 4.59. The van der Waals surface area contributed by atoms with Crippen LogP contribution in [0.1, 0.15) is 42.3 Å². The first-order valence-electron chi connectivity index (χ1n) is 13.0. The van der Waals surface area contributed by atoms with Crippen molar-refractivity contribution in [2.45, 2.75) is 32.4 Å². The van der Waals surface area contributed by atoms with Crippen LogP contribution in [0.3, 0.4) is 0 Å². The van der Waals surface area contributed by atoms with Gasteiger partial charge in [-0.2, -0.15) is 13.2 Å². The molecule has 3 aromatic rings. The van der Waals surface area contributed by atoms with Crippen molar-refractivity contribution < 1.29 is 37.0 Å². The second-order valence-electron chi connectivity index (χ2n) is 10.6. The molecule has 0 atom stereocenters. The molecule has 10 heteroatoms. The highest BCUT2D eigenvalue weighted by Gasteiger charge is 2.37. The van der Waals surface area contributed by atoms with E-state index in [1.807, 2.05) is 0 Å². The van der Waals surface area contributed by atoms with Crippen molar-refractivity contribution in [3.63, 3.8) is 0 Å². The van der Waals surface area contributed by atoms with Gasteiger partial charge in [-0.3, -0.25) is 14.5 Å². The summed E-state index contributed by atoms with van der Waals surface area (Å²) in [5.41, 5.74) is -1.49. The zero-order valence-corrected chi connectivity index (χ0v) is 23.0. The number of anilines is 1. The normalized spacial score (nSPS) is 14.7. The van der Waals surface area contributed by atoms with Gasteiger partial charge >= 0.3 is 6.18 Å². The van der Waals surface area contributed by atoms with Crippen LogP contribution in [0.15, 0.2) is 48.5 Å². The van der Waals surface area contributed by atoms with Gasteiger partial charge in [0.05, 0.1) is 31.6 Å². The summed E-state index contributed by atoms with van der Waals surface area (Å²) >= 11 is 0. The Labute approximate surface area is 231 Å². The lowest BCUT2D eigenvalue weighted by Gasteiger charge is -2.26. The van der Waals surface area contributed by atoms with Gasteiger partial charge in [0, 0.05) is 30.6 Å². The van der Waals surface area contributed by atoms with Gasteiger partial charge < -0.3 is 19.5 Å². The maximum absolute atomic E-state index is 13.9. The monoisotopic (exact) mass is 558 g/mol. The molecule has 1 N–H and O–H groups in total. The van der Waals surface area contributed by atoms with E-state index in [-0.39, 0.29) is 11.3 Å². The highest BCUT2D eigenvalue weighted by atomic mass is 19.4. The second-order valence-corrected chi connectivity index (χ2v) is 10.6. The van der Waals surface area contributed by atoms with E-state index in [0.29, 0.717) is 41.9 Å². The largest absolute Gasteiger partial charge is 0.494 e. The molecule has 0 aromatic heterocycles. The molecular weight excluding hydrogens is 525 g/mol. The molecule has 1 saturated heterocycles. The smallest absolute Gasteiger partial charge is 0.420 e. The number of methoxy groups -OCH3 is 1. The number of fused-ring (bicyclic) bond motifs is 1. The number of benzene rings is 3. The molecule has 1 fully saturated rings. The summed E-state index contributed by atoms with van der Waals surface area (Å²) in [6, 6.07) is 12.6. The van der Waals surface area contributed by atoms with Crippen molar-refractivity contribution in [2.75, 3.05) is 51.9 Å². The number of rotatable bonds is 8. The zero-order chi connectivity index (χ0) is 29.1. The third-order valence-corrected chi connectivity index (χ3v) is 6.82. The third kappa shape index (κ3) is 6.56. The molecule has 1 amide bonds. The summed E-state index contributed by atoms with van der Waals surface area (Å²) in [7, 11) is 1.09. The number of amides is 1. The number of hydrogen-bond acceptors (Lipinski definition) is 6. The quantitative estimate of drug-likeness (QED) is 0.283. The van der Waals surface area contributed by atoms with Gasteiger partial charge in [-0.15, -0.1) is 0 Å². The minimum atomic E-state index is -4.73. The number of halogens is 3. The molecule has 1 heterocycles. The van der Waals surface area contributed by atoms with Gasteiger partial charge in [0.25, 0.3) is 11.7 Å². The summed E-state index contributed by atoms with van der Waals surface area (Å²) < 4.78 is 58.0. The Balaban J connectivity index is 1.61. The summed E-state index contributed by atoms with van der Waals surface area (Å²) in [5.74, 6) is -1.97. The summed E-state index contributed by atoms with van der Waals surface area (Å²) in [4.78, 5) is 28.7. The number of ether oxygens (including phenoxy) is 3. The van der Waals surface area contributed by atoms with E-state index in [9.17, 15) is 22.8 Å². The summed E-state index contributed by atoms with van der Waals surface area (Å²) in [6.45, 7) is 9.45. The highest BCUT2D eigenvalue weighted by molar-refractivity contribution is 6.48. The Kier molecular flexibility index (Phi) is 8.70. The number of ketones is 1. The standard InChI is InChI=1S/C30H33F3N2O5/c1-29(2,3)19-17-23(30(31,32)33)27(38-4)24(18-19)34-28(37)26(36)22-9-10-25(21-8-6-5-7-20(21)22)40-16-13-35-11-14-39-15-12-35/h5-10,17-18H,11-16H2,1-4H3,(H,34,37). The fourth-order valence-corrected chi connectivity index (χ4v) is 4.59. The number of hydrogen-bond donors (Lipinski definition) is 1. The molecule has 7 nitrogen and oxygen atoms in total. The molecule has 1 aliphatic heterocycles. The Hall–Kier alpha value is -3.63. The molecular formula is C30H33F3N2O5. The molecule has 0 bridgehead atoms. The predicted molar refractivity (Wildman–Crippen MR) is 146 cm³/mol. The van der Waals surface area contributed by atoms with Gasteiger partial charge in [0.1, 0.15) is 12.4 Å². The molecule has 1 aliphatic rings. The molecule has 4 rings (SSSR count). The number of alkyl halides is 3. The van der Waals surface area contributed by atoms with Crippen LogP contribution < -0.4 is 14.8 Å². The van der Waals surface area contributed by atoms with Crippen molar-refractivity contribution in [3.05, 3.63) is 65.2 Å². The van der Waals surface area contributed by atoms with Gasteiger partial charge in [0.15, 0.2) is 5.75 Å². The van der Waals surface area contributed by atoms with Gasteiger partial charge in [-0.1, -0.05) is 45.0 Å². The summed E-state index contributed by atoms with van der Waals surface area (Å²) in [6.07, 6.45) is -4.73. The summed E-state index contributed by atoms with van der Waals surface area (Å²) in [5, 5.41) is 3.52. The van der Waals surface area contributed by atoms with Crippen molar-refractivity contribution in [1.82, 2.24) is 4.90 Å². The lowest BCUT2D eigenvalue weighted by atomic mass is 9.85. The van der Waals surface area contributed by atoms with Gasteiger partial charge in [0.2, 0.25) is 0 Å². The van der Waals surface area contributed by atoms with E-state index in [1.54, 1.807) is 51.1 Å². The average molecular weight is 559 g/mol. The van der Waals surface area contributed by atoms with Crippen molar-refractivity contribution in [3.8, 4) is 11.5 Å². The van der Waals surface area contributed by atoms with Crippen LogP contribution in [-0.4, -0.2) is 63.2 Å². The number of carbonyl (C=O) groups excluding carboxylic acids is 2. The first-order valence-corrected chi connectivity index (χ1v) is 13.0. The molecule has 214 valence electrons. The maximum atomic E-state index is 13.9. The Bertz CT molecular complexity index is 1390. The lowest BCUT2D eigenvalue weighted by molar-refractivity contribution is -0.138. The van der Waals surface area contributed by atoms with Crippen molar-refractivity contribution in [2.24, 2.45) is 0 Å². The molecule has 40 heavy (non-hydrogen) atoms. The number of carbonyl (C=O) groups is 2. The van der Waals surface area contributed by atoms with Crippen LogP contribution in [0.25, 0.3) is 10.8 Å². The SMILES string of the molecule is COc1c(NC(=O)C(=O)c2ccc(OCCN3CCOCC3)c3ccccc23)cc(C(C)(C)C)cc1C(F)(F)F. The van der Waals surface area contributed by atoms with Gasteiger partial charge in [-0.05, 0) is 40.6 Å². The topological polar surface area (TPSA) is 77.1 Å². The number of nitrogens with one attached hydrogen (secondary N) is 1. The van der Waals surface area contributed by atoms with Crippen LogP contribution >= 0.6 is 0 Å². The Morgan fingerprint density at radius 3 is 2.30 bits per heavy atom. The van der Waals surface area contributed by atoms with E-state index in [0.717, 1.165) is 32.8 Å². The van der Waals surface area contributed by atoms with Crippen LogP contribution in [0, 0.1) is 0 Å². The Morgan fingerprint density at radius 1 is 1.00 bits per heavy atom. The highest BCUT2D eigenvalue weighted by Crippen LogP contribution is 2.43. The van der Waals surface area contributed by atoms with E-state index in [2.05, 4.69) is 10.2 Å². The molecule has 0 spiro atoms. The van der Waals surface area contributed by atoms with E-state index >= 15 is 0 Å². The van der Waals surface area contributed by atoms with Crippen LogP contribution in [-0.2, 0) is 21.1 Å². The molecule has 0 radical (unpaired) electrons. The number of Topliss-reactive ketones (excluding diaryl/α,β-unsaturated/α-hetero) is 1. The number of nitrogens with zero attached hydrogens (tertiary/aromatic N) is 1. The van der Waals surface area contributed by atoms with Gasteiger partial charge in [-0.25, -0.2) is 0 Å². The predicted octanol–water partition coefficient (Wildman–Crippen LogP) is 5.70. The molecule has 0 unspecified atom stereocenters. The number of morpholine rings is 1. The minimum absolute atomic E-state index is 0.107. The van der Waals surface area contributed by atoms with E-state index in [1.165, 1.54) is 12.1 Å². The Morgan fingerprint density at radius 2 is 1.68 bits per heavy atom. The van der Waals surface area contributed by atoms with Crippen LogP contribution in [0.2, 0.25) is 0 Å². The average Bonchev–Trinajstić information content (AvgIpc) is 2.92. The van der Waals surface area contributed by atoms with Crippen LogP contribution in [0.5, 0.6) is 11.5 Å². The van der Waals surface area contributed by atoms with Crippen molar-refractivity contribution >= 4 is 28.2 Å². The third-order valence-electron chi connectivity index (χ3n) is 6.82. The van der Waals surface area contributed by atoms with Crippen molar-refractivity contribution in [1.29, 1.82) is 0 Å². The molecule has 0 aliphatic carbocycles. The first kappa shape index (κ1) is 29.4. The lowest BCUT2D eigenvalue weighted by Crippen LogP contribution is -2.38. The first-order chi connectivity index (χ1) is 18.9. The fraction of sp³-hybridized carbons (Fsp3) is 0.400. The van der Waals surface area contributed by atoms with Crippen LogP contribution in [0.4, 0.5) is 18.9 Å². The molecule has 0 saturated carbocycles. The van der Waals surface area contributed by atoms with E-state index in [4.69, 9.17) is 14.2 Å². The second kappa shape index (κ2) is 11.9.